The Kier molecular flexibility index (Phi) is 3.81. The van der Waals surface area contributed by atoms with Crippen LogP contribution in [0.2, 0.25) is 5.02 Å². The Morgan fingerprint density at radius 1 is 1.35 bits per heavy atom. The van der Waals surface area contributed by atoms with Crippen LogP contribution in [0.5, 0.6) is 0 Å². The van der Waals surface area contributed by atoms with E-state index in [0.717, 1.165) is 0 Å². The lowest BCUT2D eigenvalue weighted by atomic mass is 10.1. The van der Waals surface area contributed by atoms with E-state index in [0.29, 0.717) is 22.0 Å². The molecule has 0 saturated carbocycles. The third kappa shape index (κ3) is 2.82. The normalized spacial score (nSPS) is 11.4. The van der Waals surface area contributed by atoms with Crippen molar-refractivity contribution in [1.82, 2.24) is 14.8 Å². The van der Waals surface area contributed by atoms with Crippen molar-refractivity contribution in [3.63, 3.8) is 0 Å². The molecule has 0 aliphatic heterocycles. The van der Waals surface area contributed by atoms with E-state index in [9.17, 15) is 4.79 Å². The van der Waals surface area contributed by atoms with Crippen LogP contribution in [0.15, 0.2) is 24.5 Å². The van der Waals surface area contributed by atoms with Crippen LogP contribution in [-0.4, -0.2) is 27.8 Å². The molecule has 0 atom stereocenters. The second kappa shape index (κ2) is 5.25. The maximum absolute atomic E-state index is 11.4. The number of aromatic nitrogens is 3. The molecule has 0 fully saturated rings. The summed E-state index contributed by atoms with van der Waals surface area (Å²) in [6.45, 7) is 6.11. The van der Waals surface area contributed by atoms with Gasteiger partial charge in [0.05, 0.1) is 23.2 Å². The van der Waals surface area contributed by atoms with Gasteiger partial charge in [-0.1, -0.05) is 11.6 Å². The van der Waals surface area contributed by atoms with Gasteiger partial charge in [-0.3, -0.25) is 0 Å². The number of hydrogen-bond acceptors (Lipinski definition) is 4. The number of benzene rings is 1. The molecule has 0 unspecified atom stereocenters. The van der Waals surface area contributed by atoms with Crippen molar-refractivity contribution >= 4 is 17.6 Å². The molecular weight excluding hydrogens is 278 g/mol. The molecule has 0 saturated heterocycles. The number of carbonyl (C=O) groups excluding carboxylic acids is 1. The van der Waals surface area contributed by atoms with E-state index in [1.165, 1.54) is 7.11 Å². The number of esters is 1. The third-order valence-corrected chi connectivity index (χ3v) is 3.12. The number of nitrogens with zero attached hydrogens (tertiary/aromatic N) is 3. The van der Waals surface area contributed by atoms with Crippen LogP contribution >= 0.6 is 11.6 Å². The first kappa shape index (κ1) is 14.5. The van der Waals surface area contributed by atoms with Crippen LogP contribution in [-0.2, 0) is 10.3 Å². The molecule has 1 heterocycles. The molecule has 0 amide bonds. The SMILES string of the molecule is COC(=O)c1ccc(-c2ncn(C(C)(C)C)n2)c(Cl)c1. The highest BCUT2D eigenvalue weighted by atomic mass is 35.5. The summed E-state index contributed by atoms with van der Waals surface area (Å²) in [7, 11) is 1.33. The van der Waals surface area contributed by atoms with E-state index in [4.69, 9.17) is 11.6 Å². The topological polar surface area (TPSA) is 57.0 Å². The summed E-state index contributed by atoms with van der Waals surface area (Å²) in [5.74, 6) is 0.105. The van der Waals surface area contributed by atoms with E-state index in [2.05, 4.69) is 14.8 Å². The molecule has 0 radical (unpaired) electrons. The van der Waals surface area contributed by atoms with Gasteiger partial charge in [-0.25, -0.2) is 14.5 Å². The smallest absolute Gasteiger partial charge is 0.337 e. The Bertz CT molecular complexity index is 644. The average Bonchev–Trinajstić information content (AvgIpc) is 2.87. The van der Waals surface area contributed by atoms with Gasteiger partial charge in [-0.05, 0) is 39.0 Å². The second-order valence-electron chi connectivity index (χ2n) is 5.37. The summed E-state index contributed by atoms with van der Waals surface area (Å²) < 4.78 is 6.42. The summed E-state index contributed by atoms with van der Waals surface area (Å²) in [6.07, 6.45) is 1.67. The zero-order valence-electron chi connectivity index (χ0n) is 11.8. The van der Waals surface area contributed by atoms with Gasteiger partial charge in [0.25, 0.3) is 0 Å². The Morgan fingerprint density at radius 2 is 2.05 bits per heavy atom. The van der Waals surface area contributed by atoms with E-state index in [1.807, 2.05) is 20.8 Å². The predicted octanol–water partition coefficient (Wildman–Crippen LogP) is 3.14. The van der Waals surface area contributed by atoms with Crippen molar-refractivity contribution in [2.75, 3.05) is 7.11 Å². The molecule has 5 nitrogen and oxygen atoms in total. The molecular formula is C14H16ClN3O2. The lowest BCUT2D eigenvalue weighted by Gasteiger charge is -2.17. The highest BCUT2D eigenvalue weighted by Gasteiger charge is 2.17. The van der Waals surface area contributed by atoms with Crippen molar-refractivity contribution in [1.29, 1.82) is 0 Å². The van der Waals surface area contributed by atoms with Gasteiger partial charge in [0, 0.05) is 5.56 Å². The first-order valence-electron chi connectivity index (χ1n) is 6.13. The van der Waals surface area contributed by atoms with Gasteiger partial charge in [-0.15, -0.1) is 0 Å². The minimum atomic E-state index is -0.424. The van der Waals surface area contributed by atoms with Crippen molar-refractivity contribution < 1.29 is 9.53 Å². The molecule has 1 aromatic carbocycles. The zero-order valence-corrected chi connectivity index (χ0v) is 12.6. The summed E-state index contributed by atoms with van der Waals surface area (Å²) in [4.78, 5) is 15.7. The maximum Gasteiger partial charge on any atom is 0.337 e. The first-order valence-corrected chi connectivity index (χ1v) is 6.51. The van der Waals surface area contributed by atoms with Gasteiger partial charge < -0.3 is 4.74 Å². The van der Waals surface area contributed by atoms with E-state index < -0.39 is 5.97 Å². The van der Waals surface area contributed by atoms with Crippen LogP contribution in [0.3, 0.4) is 0 Å². The van der Waals surface area contributed by atoms with Gasteiger partial charge in [0.1, 0.15) is 6.33 Å². The Morgan fingerprint density at radius 3 is 2.55 bits per heavy atom. The van der Waals surface area contributed by atoms with Crippen LogP contribution in [0.1, 0.15) is 31.1 Å². The summed E-state index contributed by atoms with van der Waals surface area (Å²) in [6, 6.07) is 4.92. The minimum Gasteiger partial charge on any atom is -0.465 e. The van der Waals surface area contributed by atoms with Gasteiger partial charge in [0.2, 0.25) is 0 Å². The molecule has 0 bridgehead atoms. The number of halogens is 1. The van der Waals surface area contributed by atoms with Crippen molar-refractivity contribution in [2.24, 2.45) is 0 Å². The van der Waals surface area contributed by atoms with Gasteiger partial charge in [0.15, 0.2) is 5.82 Å². The van der Waals surface area contributed by atoms with E-state index in [1.54, 1.807) is 29.2 Å². The van der Waals surface area contributed by atoms with Gasteiger partial charge >= 0.3 is 5.97 Å². The minimum absolute atomic E-state index is 0.149. The molecule has 106 valence electrons. The summed E-state index contributed by atoms with van der Waals surface area (Å²) >= 11 is 6.19. The molecule has 0 aliphatic rings. The largest absolute Gasteiger partial charge is 0.465 e. The highest BCUT2D eigenvalue weighted by Crippen LogP contribution is 2.27. The average molecular weight is 294 g/mol. The highest BCUT2D eigenvalue weighted by molar-refractivity contribution is 6.33. The number of rotatable bonds is 2. The van der Waals surface area contributed by atoms with Crippen LogP contribution in [0.25, 0.3) is 11.4 Å². The Balaban J connectivity index is 2.39. The van der Waals surface area contributed by atoms with Gasteiger partial charge in [-0.2, -0.15) is 5.10 Å². The standard InChI is InChI=1S/C14H16ClN3O2/c1-14(2,3)18-8-16-12(17-18)10-6-5-9(7-11(10)15)13(19)20-4/h5-8H,1-4H3. The van der Waals surface area contributed by atoms with Crippen LogP contribution < -0.4 is 0 Å². The molecule has 0 spiro atoms. The predicted molar refractivity (Wildman–Crippen MR) is 76.8 cm³/mol. The van der Waals surface area contributed by atoms with E-state index in [-0.39, 0.29) is 5.54 Å². The lowest BCUT2D eigenvalue weighted by molar-refractivity contribution is 0.0601. The zero-order chi connectivity index (χ0) is 14.9. The van der Waals surface area contributed by atoms with Crippen LogP contribution in [0, 0.1) is 0 Å². The monoisotopic (exact) mass is 293 g/mol. The fourth-order valence-electron chi connectivity index (χ4n) is 1.65. The maximum atomic E-state index is 11.4. The summed E-state index contributed by atoms with van der Waals surface area (Å²) in [5, 5.41) is 4.83. The van der Waals surface area contributed by atoms with Crippen LogP contribution in [0.4, 0.5) is 0 Å². The van der Waals surface area contributed by atoms with Crippen molar-refractivity contribution in [3.8, 4) is 11.4 Å². The number of carbonyl (C=O) groups is 1. The first-order chi connectivity index (χ1) is 9.32. The lowest BCUT2D eigenvalue weighted by Crippen LogP contribution is -2.22. The summed E-state index contributed by atoms with van der Waals surface area (Å²) in [5.41, 5.74) is 0.933. The third-order valence-electron chi connectivity index (χ3n) is 2.81. The molecule has 2 rings (SSSR count). The Hall–Kier alpha value is -1.88. The number of hydrogen-bond donors (Lipinski definition) is 0. The molecule has 2 aromatic rings. The fourth-order valence-corrected chi connectivity index (χ4v) is 1.92. The fraction of sp³-hybridized carbons (Fsp3) is 0.357. The molecule has 6 heteroatoms. The molecule has 20 heavy (non-hydrogen) atoms. The van der Waals surface area contributed by atoms with Crippen molar-refractivity contribution in [3.05, 3.63) is 35.1 Å². The van der Waals surface area contributed by atoms with Crippen molar-refractivity contribution in [2.45, 2.75) is 26.3 Å². The quantitative estimate of drug-likeness (QED) is 0.798. The van der Waals surface area contributed by atoms with E-state index >= 15 is 0 Å². The second-order valence-corrected chi connectivity index (χ2v) is 5.78. The number of ether oxygens (including phenoxy) is 1. The molecule has 0 N–H and O–H groups in total. The number of methoxy groups -OCH3 is 1. The Labute approximate surface area is 122 Å². The molecule has 0 aliphatic carbocycles. The molecule has 1 aromatic heterocycles.